The molecular weight excluding hydrogens is 218 g/mol. The standard InChI is InChI=1S/C10H6ClNO3/c11-7-1-2-9-8(3-7)12-10(15-9)6(4-13)5-14/h1-6H. The summed E-state index contributed by atoms with van der Waals surface area (Å²) in [4.78, 5) is 25.0. The molecule has 1 heterocycles. The van der Waals surface area contributed by atoms with Crippen LogP contribution in [0.4, 0.5) is 0 Å². The van der Waals surface area contributed by atoms with E-state index in [9.17, 15) is 9.59 Å². The zero-order valence-electron chi connectivity index (χ0n) is 7.51. The maximum absolute atomic E-state index is 10.5. The molecule has 4 nitrogen and oxygen atoms in total. The molecular formula is C10H6ClNO3. The average Bonchev–Trinajstić information content (AvgIpc) is 2.62. The summed E-state index contributed by atoms with van der Waals surface area (Å²) in [5.41, 5.74) is 1.04. The quantitative estimate of drug-likeness (QED) is 0.590. The number of rotatable bonds is 3. The monoisotopic (exact) mass is 223 g/mol. The SMILES string of the molecule is O=CC(C=O)c1nc2cc(Cl)ccc2o1. The Bertz CT molecular complexity index is 512. The molecule has 0 aliphatic carbocycles. The highest BCUT2D eigenvalue weighted by atomic mass is 35.5. The fraction of sp³-hybridized carbons (Fsp3) is 0.100. The van der Waals surface area contributed by atoms with Gasteiger partial charge in [0, 0.05) is 5.02 Å². The van der Waals surface area contributed by atoms with Crippen LogP contribution in [0.1, 0.15) is 11.8 Å². The van der Waals surface area contributed by atoms with Gasteiger partial charge < -0.3 is 14.0 Å². The molecule has 5 heteroatoms. The van der Waals surface area contributed by atoms with Crippen molar-refractivity contribution in [2.45, 2.75) is 5.92 Å². The van der Waals surface area contributed by atoms with E-state index in [2.05, 4.69) is 4.98 Å². The number of carbonyl (C=O) groups is 2. The maximum atomic E-state index is 10.5. The van der Waals surface area contributed by atoms with Crippen LogP contribution in [-0.2, 0) is 9.59 Å². The molecule has 76 valence electrons. The second-order valence-electron chi connectivity index (χ2n) is 2.96. The molecule has 0 atom stereocenters. The Hall–Kier alpha value is -1.68. The molecule has 1 aromatic heterocycles. The van der Waals surface area contributed by atoms with Crippen LogP contribution in [0, 0.1) is 0 Å². The fourth-order valence-corrected chi connectivity index (χ4v) is 1.38. The van der Waals surface area contributed by atoms with Gasteiger partial charge in [0.05, 0.1) is 0 Å². The van der Waals surface area contributed by atoms with Crippen LogP contribution < -0.4 is 0 Å². The van der Waals surface area contributed by atoms with E-state index in [1.54, 1.807) is 18.2 Å². The van der Waals surface area contributed by atoms with Crippen LogP contribution in [0.3, 0.4) is 0 Å². The van der Waals surface area contributed by atoms with Crippen molar-refractivity contribution in [3.63, 3.8) is 0 Å². The topological polar surface area (TPSA) is 60.2 Å². The van der Waals surface area contributed by atoms with E-state index in [4.69, 9.17) is 16.0 Å². The van der Waals surface area contributed by atoms with Crippen LogP contribution in [0.2, 0.25) is 5.02 Å². The second-order valence-corrected chi connectivity index (χ2v) is 3.40. The lowest BCUT2D eigenvalue weighted by Gasteiger charge is -1.91. The van der Waals surface area contributed by atoms with Crippen molar-refractivity contribution in [2.24, 2.45) is 0 Å². The summed E-state index contributed by atoms with van der Waals surface area (Å²) in [6, 6.07) is 4.90. The van der Waals surface area contributed by atoms with Crippen molar-refractivity contribution in [3.05, 3.63) is 29.1 Å². The lowest BCUT2D eigenvalue weighted by molar-refractivity contribution is -0.116. The number of nitrogens with zero attached hydrogens (tertiary/aromatic N) is 1. The Labute approximate surface area is 89.8 Å². The van der Waals surface area contributed by atoms with E-state index in [0.717, 1.165) is 0 Å². The predicted molar refractivity (Wildman–Crippen MR) is 53.9 cm³/mol. The number of carbonyl (C=O) groups excluding carboxylic acids is 2. The lowest BCUT2D eigenvalue weighted by atomic mass is 10.2. The van der Waals surface area contributed by atoms with E-state index in [-0.39, 0.29) is 5.89 Å². The number of hydrogen-bond donors (Lipinski definition) is 0. The van der Waals surface area contributed by atoms with Crippen LogP contribution in [0.25, 0.3) is 11.1 Å². The maximum Gasteiger partial charge on any atom is 0.213 e. The highest BCUT2D eigenvalue weighted by Gasteiger charge is 2.16. The minimum Gasteiger partial charge on any atom is -0.439 e. The first-order valence-electron chi connectivity index (χ1n) is 4.21. The summed E-state index contributed by atoms with van der Waals surface area (Å²) in [6.07, 6.45) is 0.971. The largest absolute Gasteiger partial charge is 0.439 e. The van der Waals surface area contributed by atoms with Gasteiger partial charge in [-0.3, -0.25) is 0 Å². The number of fused-ring (bicyclic) bond motifs is 1. The van der Waals surface area contributed by atoms with Crippen LogP contribution in [0.15, 0.2) is 22.6 Å². The summed E-state index contributed by atoms with van der Waals surface area (Å²) >= 11 is 5.75. The lowest BCUT2D eigenvalue weighted by Crippen LogP contribution is -2.00. The molecule has 0 spiro atoms. The molecule has 1 aromatic carbocycles. The highest BCUT2D eigenvalue weighted by molar-refractivity contribution is 6.31. The number of hydrogen-bond acceptors (Lipinski definition) is 4. The van der Waals surface area contributed by atoms with Crippen LogP contribution in [-0.4, -0.2) is 17.6 Å². The van der Waals surface area contributed by atoms with Crippen molar-refractivity contribution in [1.29, 1.82) is 0 Å². The van der Waals surface area contributed by atoms with E-state index in [0.29, 0.717) is 28.7 Å². The third kappa shape index (κ3) is 1.76. The summed E-state index contributed by atoms with van der Waals surface area (Å²) in [7, 11) is 0. The number of benzene rings is 1. The number of aromatic nitrogens is 1. The molecule has 0 aliphatic rings. The van der Waals surface area contributed by atoms with Gasteiger partial charge in [-0.15, -0.1) is 0 Å². The predicted octanol–water partition coefficient (Wildman–Crippen LogP) is 1.96. The molecule has 0 saturated carbocycles. The fourth-order valence-electron chi connectivity index (χ4n) is 1.21. The third-order valence-corrected chi connectivity index (χ3v) is 2.18. The average molecular weight is 224 g/mol. The van der Waals surface area contributed by atoms with Crippen molar-refractivity contribution < 1.29 is 14.0 Å². The number of aldehydes is 2. The zero-order chi connectivity index (χ0) is 10.8. The van der Waals surface area contributed by atoms with Gasteiger partial charge in [0.25, 0.3) is 0 Å². The molecule has 2 aromatic rings. The third-order valence-electron chi connectivity index (χ3n) is 1.94. The Kier molecular flexibility index (Phi) is 2.51. The summed E-state index contributed by atoms with van der Waals surface area (Å²) in [5.74, 6) is -0.853. The van der Waals surface area contributed by atoms with Gasteiger partial charge in [0.2, 0.25) is 5.89 Å². The number of oxazole rings is 1. The van der Waals surface area contributed by atoms with Gasteiger partial charge in [-0.1, -0.05) is 11.6 Å². The first-order chi connectivity index (χ1) is 7.24. The molecule has 0 radical (unpaired) electrons. The second kappa shape index (κ2) is 3.82. The van der Waals surface area contributed by atoms with E-state index >= 15 is 0 Å². The smallest absolute Gasteiger partial charge is 0.213 e. The van der Waals surface area contributed by atoms with Crippen molar-refractivity contribution >= 4 is 35.3 Å². The van der Waals surface area contributed by atoms with Gasteiger partial charge in [-0.2, -0.15) is 0 Å². The molecule has 15 heavy (non-hydrogen) atoms. The molecule has 2 rings (SSSR count). The normalized spacial score (nSPS) is 10.8. The van der Waals surface area contributed by atoms with E-state index < -0.39 is 5.92 Å². The molecule has 0 amide bonds. The zero-order valence-corrected chi connectivity index (χ0v) is 8.27. The van der Waals surface area contributed by atoms with Crippen molar-refractivity contribution in [1.82, 2.24) is 4.98 Å². The Balaban J connectivity index is 2.55. The van der Waals surface area contributed by atoms with Crippen molar-refractivity contribution in [2.75, 3.05) is 0 Å². The first kappa shape index (κ1) is 9.86. The van der Waals surface area contributed by atoms with E-state index in [1.807, 2.05) is 0 Å². The summed E-state index contributed by atoms with van der Waals surface area (Å²) in [6.45, 7) is 0. The Morgan fingerprint density at radius 3 is 2.73 bits per heavy atom. The van der Waals surface area contributed by atoms with E-state index in [1.165, 1.54) is 0 Å². The van der Waals surface area contributed by atoms with Gasteiger partial charge >= 0.3 is 0 Å². The molecule has 0 bridgehead atoms. The molecule has 0 fully saturated rings. The minimum atomic E-state index is -0.948. The number of halogens is 1. The Morgan fingerprint density at radius 1 is 1.33 bits per heavy atom. The molecule has 0 N–H and O–H groups in total. The highest BCUT2D eigenvalue weighted by Crippen LogP contribution is 2.22. The van der Waals surface area contributed by atoms with Gasteiger partial charge in [0.1, 0.15) is 24.0 Å². The van der Waals surface area contributed by atoms with Gasteiger partial charge in [-0.05, 0) is 18.2 Å². The summed E-state index contributed by atoms with van der Waals surface area (Å²) in [5, 5.41) is 0.524. The van der Waals surface area contributed by atoms with Crippen molar-refractivity contribution in [3.8, 4) is 0 Å². The van der Waals surface area contributed by atoms with Gasteiger partial charge in [0.15, 0.2) is 5.58 Å². The molecule has 0 aliphatic heterocycles. The van der Waals surface area contributed by atoms with Gasteiger partial charge in [-0.25, -0.2) is 4.98 Å². The molecule has 0 unspecified atom stereocenters. The Morgan fingerprint density at radius 2 is 2.07 bits per heavy atom. The summed E-state index contributed by atoms with van der Waals surface area (Å²) < 4.78 is 5.23. The molecule has 0 saturated heterocycles. The van der Waals surface area contributed by atoms with Crippen LogP contribution in [0.5, 0.6) is 0 Å². The minimum absolute atomic E-state index is 0.0947. The first-order valence-corrected chi connectivity index (χ1v) is 4.59. The van der Waals surface area contributed by atoms with Crippen LogP contribution >= 0.6 is 11.6 Å².